The molecule has 0 saturated carbocycles. The summed E-state index contributed by atoms with van der Waals surface area (Å²) < 4.78 is 36.9. The molecule has 0 aliphatic rings. The highest BCUT2D eigenvalue weighted by molar-refractivity contribution is 5.93. The second kappa shape index (κ2) is 4.65. The molecule has 0 aliphatic heterocycles. The molecule has 0 saturated heterocycles. The average molecular weight is 247 g/mol. The smallest absolute Gasteiger partial charge is 0.416 e. The Labute approximate surface area is 96.3 Å². The molecule has 0 radical (unpaired) electrons. The number of hydrogen-bond acceptors (Lipinski definition) is 2. The molecule has 0 spiro atoms. The second-order valence-electron chi connectivity index (χ2n) is 3.87. The average Bonchev–Trinajstić information content (AvgIpc) is 2.19. The van der Waals surface area contributed by atoms with Crippen LogP contribution in [0.1, 0.15) is 19.4 Å². The van der Waals surface area contributed by atoms with Gasteiger partial charge in [-0.1, -0.05) is 13.8 Å². The van der Waals surface area contributed by atoms with Crippen molar-refractivity contribution >= 4 is 11.6 Å². The number of hydrogen-bond donors (Lipinski definition) is 2. The van der Waals surface area contributed by atoms with Crippen LogP contribution in [0, 0.1) is 5.92 Å². The molecule has 2 N–H and O–H groups in total. The van der Waals surface area contributed by atoms with E-state index in [4.69, 9.17) is 0 Å². The summed E-state index contributed by atoms with van der Waals surface area (Å²) in [6, 6.07) is 2.41. The van der Waals surface area contributed by atoms with Gasteiger partial charge in [0, 0.05) is 5.92 Å². The Hall–Kier alpha value is -1.72. The fourth-order valence-electron chi connectivity index (χ4n) is 1.09. The third-order valence-electron chi connectivity index (χ3n) is 2.11. The van der Waals surface area contributed by atoms with E-state index in [1.54, 1.807) is 13.8 Å². The quantitative estimate of drug-likeness (QED) is 0.789. The van der Waals surface area contributed by atoms with E-state index < -0.39 is 17.5 Å². The van der Waals surface area contributed by atoms with Crippen molar-refractivity contribution in [3.63, 3.8) is 0 Å². The van der Waals surface area contributed by atoms with Gasteiger partial charge in [-0.25, -0.2) is 0 Å². The number of benzene rings is 1. The van der Waals surface area contributed by atoms with Crippen LogP contribution in [0.15, 0.2) is 18.2 Å². The zero-order valence-corrected chi connectivity index (χ0v) is 9.30. The molecule has 0 heterocycles. The molecule has 0 bridgehead atoms. The summed E-state index contributed by atoms with van der Waals surface area (Å²) in [4.78, 5) is 11.3. The van der Waals surface area contributed by atoms with Crippen LogP contribution < -0.4 is 5.32 Å². The van der Waals surface area contributed by atoms with Gasteiger partial charge in [0.2, 0.25) is 5.91 Å². The molecule has 1 aromatic carbocycles. The summed E-state index contributed by atoms with van der Waals surface area (Å²) >= 11 is 0. The van der Waals surface area contributed by atoms with Gasteiger partial charge in [-0.2, -0.15) is 13.2 Å². The van der Waals surface area contributed by atoms with Gasteiger partial charge >= 0.3 is 6.18 Å². The first-order chi connectivity index (χ1) is 7.71. The number of phenolic OH excluding ortho intramolecular Hbond substituents is 1. The summed E-state index contributed by atoms with van der Waals surface area (Å²) in [7, 11) is 0. The standard InChI is InChI=1S/C11H12F3NO2/c1-6(2)10(17)15-8-4-3-7(5-9(8)16)11(12,13)14/h3-6,16H,1-2H3,(H,15,17). The van der Waals surface area contributed by atoms with Crippen molar-refractivity contribution in [1.82, 2.24) is 0 Å². The minimum Gasteiger partial charge on any atom is -0.506 e. The van der Waals surface area contributed by atoms with Crippen LogP contribution in [-0.4, -0.2) is 11.0 Å². The fraction of sp³-hybridized carbons (Fsp3) is 0.364. The summed E-state index contributed by atoms with van der Waals surface area (Å²) in [5.74, 6) is -1.30. The lowest BCUT2D eigenvalue weighted by Gasteiger charge is -2.12. The maximum atomic E-state index is 12.3. The van der Waals surface area contributed by atoms with Crippen molar-refractivity contribution in [3.05, 3.63) is 23.8 Å². The first kappa shape index (κ1) is 13.3. The molecule has 0 unspecified atom stereocenters. The first-order valence-electron chi connectivity index (χ1n) is 4.93. The monoisotopic (exact) mass is 247 g/mol. The van der Waals surface area contributed by atoms with E-state index in [1.807, 2.05) is 0 Å². The van der Waals surface area contributed by atoms with E-state index in [2.05, 4.69) is 5.32 Å². The lowest BCUT2D eigenvalue weighted by molar-refractivity contribution is -0.137. The van der Waals surface area contributed by atoms with Crippen molar-refractivity contribution in [2.75, 3.05) is 5.32 Å². The van der Waals surface area contributed by atoms with Crippen LogP contribution in [0.5, 0.6) is 5.75 Å². The molecule has 3 nitrogen and oxygen atoms in total. The molecule has 0 aromatic heterocycles. The Balaban J connectivity index is 2.95. The zero-order chi connectivity index (χ0) is 13.2. The zero-order valence-electron chi connectivity index (χ0n) is 9.30. The number of amides is 1. The van der Waals surface area contributed by atoms with E-state index in [-0.39, 0.29) is 17.5 Å². The Kier molecular flexibility index (Phi) is 3.65. The molecule has 0 fully saturated rings. The molecule has 94 valence electrons. The summed E-state index contributed by atoms with van der Waals surface area (Å²) in [6.45, 7) is 3.27. The van der Waals surface area contributed by atoms with Crippen LogP contribution in [0.4, 0.5) is 18.9 Å². The van der Waals surface area contributed by atoms with Crippen molar-refractivity contribution in [2.45, 2.75) is 20.0 Å². The minimum atomic E-state index is -4.52. The molecular weight excluding hydrogens is 235 g/mol. The molecule has 17 heavy (non-hydrogen) atoms. The van der Waals surface area contributed by atoms with E-state index in [0.717, 1.165) is 12.1 Å². The van der Waals surface area contributed by atoms with Gasteiger partial charge in [0.15, 0.2) is 0 Å². The summed E-state index contributed by atoms with van der Waals surface area (Å²) in [5, 5.41) is 11.7. The lowest BCUT2D eigenvalue weighted by atomic mass is 10.1. The molecule has 1 rings (SSSR count). The van der Waals surface area contributed by atoms with Gasteiger partial charge in [-0.05, 0) is 18.2 Å². The Morgan fingerprint density at radius 2 is 1.94 bits per heavy atom. The van der Waals surface area contributed by atoms with Gasteiger partial charge in [-0.3, -0.25) is 4.79 Å². The maximum absolute atomic E-state index is 12.3. The molecule has 6 heteroatoms. The number of nitrogens with one attached hydrogen (secondary N) is 1. The topological polar surface area (TPSA) is 49.3 Å². The highest BCUT2D eigenvalue weighted by atomic mass is 19.4. The number of carbonyl (C=O) groups excluding carboxylic acids is 1. The van der Waals surface area contributed by atoms with Crippen molar-refractivity contribution in [2.24, 2.45) is 5.92 Å². The van der Waals surface area contributed by atoms with Crippen molar-refractivity contribution in [1.29, 1.82) is 0 Å². The number of rotatable bonds is 2. The Bertz CT molecular complexity index is 427. The van der Waals surface area contributed by atoms with Crippen LogP contribution in [-0.2, 0) is 11.0 Å². The van der Waals surface area contributed by atoms with E-state index in [0.29, 0.717) is 6.07 Å². The van der Waals surface area contributed by atoms with Gasteiger partial charge in [0.25, 0.3) is 0 Å². The highest BCUT2D eigenvalue weighted by Gasteiger charge is 2.31. The van der Waals surface area contributed by atoms with Crippen LogP contribution in [0.2, 0.25) is 0 Å². The molecule has 1 amide bonds. The normalized spacial score (nSPS) is 11.6. The van der Waals surface area contributed by atoms with Gasteiger partial charge < -0.3 is 10.4 Å². The Morgan fingerprint density at radius 3 is 2.35 bits per heavy atom. The summed E-state index contributed by atoms with van der Waals surface area (Å²) in [6.07, 6.45) is -4.52. The SMILES string of the molecule is CC(C)C(=O)Nc1ccc(C(F)(F)F)cc1O. The highest BCUT2D eigenvalue weighted by Crippen LogP contribution is 2.34. The number of alkyl halides is 3. The van der Waals surface area contributed by atoms with Crippen molar-refractivity contribution < 1.29 is 23.1 Å². The molecular formula is C11H12F3NO2. The number of carbonyl (C=O) groups is 1. The van der Waals surface area contributed by atoms with Crippen LogP contribution in [0.25, 0.3) is 0 Å². The maximum Gasteiger partial charge on any atom is 0.416 e. The number of phenols is 1. The lowest BCUT2D eigenvalue weighted by Crippen LogP contribution is -2.18. The number of aromatic hydroxyl groups is 1. The third-order valence-corrected chi connectivity index (χ3v) is 2.11. The number of anilines is 1. The molecule has 0 atom stereocenters. The van der Waals surface area contributed by atoms with Gasteiger partial charge in [0.05, 0.1) is 11.3 Å². The van der Waals surface area contributed by atoms with Crippen molar-refractivity contribution in [3.8, 4) is 5.75 Å². The van der Waals surface area contributed by atoms with E-state index in [9.17, 15) is 23.1 Å². The predicted octanol–water partition coefficient (Wildman–Crippen LogP) is 3.01. The largest absolute Gasteiger partial charge is 0.506 e. The predicted molar refractivity (Wildman–Crippen MR) is 56.6 cm³/mol. The molecule has 0 aliphatic carbocycles. The van der Waals surface area contributed by atoms with E-state index in [1.165, 1.54) is 0 Å². The summed E-state index contributed by atoms with van der Waals surface area (Å²) in [5.41, 5.74) is -0.991. The van der Waals surface area contributed by atoms with Crippen LogP contribution in [0.3, 0.4) is 0 Å². The van der Waals surface area contributed by atoms with Gasteiger partial charge in [0.1, 0.15) is 5.75 Å². The Morgan fingerprint density at radius 1 is 1.35 bits per heavy atom. The minimum absolute atomic E-state index is 0.0308. The second-order valence-corrected chi connectivity index (χ2v) is 3.87. The number of halogens is 3. The van der Waals surface area contributed by atoms with Crippen LogP contribution >= 0.6 is 0 Å². The fourth-order valence-corrected chi connectivity index (χ4v) is 1.09. The molecule has 1 aromatic rings. The first-order valence-corrected chi connectivity index (χ1v) is 4.93. The van der Waals surface area contributed by atoms with Gasteiger partial charge in [-0.15, -0.1) is 0 Å². The third kappa shape index (κ3) is 3.37. The van der Waals surface area contributed by atoms with E-state index >= 15 is 0 Å².